The van der Waals surface area contributed by atoms with Crippen LogP contribution in [0.2, 0.25) is 0 Å². The number of hydrogen-bond acceptors (Lipinski definition) is 18. The quantitative estimate of drug-likeness (QED) is 0.129. The van der Waals surface area contributed by atoms with E-state index < -0.39 is 89.1 Å². The number of nitrogens with one attached hydrogen (secondary N) is 2. The summed E-state index contributed by atoms with van der Waals surface area (Å²) >= 11 is 0. The lowest BCUT2D eigenvalue weighted by molar-refractivity contribution is -0.0691. The lowest BCUT2D eigenvalue weighted by atomic mass is 10.1. The molecular weight excluding hydrogens is 702 g/mol. The average molecular weight is 732 g/mol. The molecule has 0 aliphatic carbocycles. The van der Waals surface area contributed by atoms with Gasteiger partial charge < -0.3 is 40.2 Å². The van der Waals surface area contributed by atoms with Crippen molar-refractivity contribution >= 4 is 49.9 Å². The maximum atomic E-state index is 13.4. The van der Waals surface area contributed by atoms with Gasteiger partial charge in [0.1, 0.15) is 36.6 Å². The maximum absolute atomic E-state index is 13.4. The van der Waals surface area contributed by atoms with Crippen molar-refractivity contribution in [1.82, 2.24) is 39.0 Å². The molecule has 0 radical (unpaired) electrons. The molecule has 26 heteroatoms. The number of aromatic nitrogens is 8. The van der Waals surface area contributed by atoms with Gasteiger partial charge in [0.2, 0.25) is 11.9 Å². The van der Waals surface area contributed by atoms with E-state index in [1.807, 2.05) is 0 Å². The van der Waals surface area contributed by atoms with E-state index in [0.717, 1.165) is 0 Å². The number of methoxy groups -OCH3 is 1. The van der Waals surface area contributed by atoms with Crippen molar-refractivity contribution in [3.05, 3.63) is 33.4 Å². The second-order valence-electron chi connectivity index (χ2n) is 11.0. The second kappa shape index (κ2) is 12.6. The van der Waals surface area contributed by atoms with E-state index in [1.165, 1.54) is 28.9 Å². The first-order valence-corrected chi connectivity index (χ1v) is 17.5. The van der Waals surface area contributed by atoms with Crippen molar-refractivity contribution in [2.24, 2.45) is 0 Å². The lowest BCUT2D eigenvalue weighted by Gasteiger charge is -2.29. The first-order chi connectivity index (χ1) is 23.3. The van der Waals surface area contributed by atoms with Crippen molar-refractivity contribution < 1.29 is 56.0 Å². The Morgan fingerprint density at radius 2 is 1.31 bits per heavy atom. The zero-order chi connectivity index (χ0) is 34.8. The molecule has 10 atom stereocenters. The Hall–Kier alpha value is -3.64. The van der Waals surface area contributed by atoms with E-state index in [4.69, 9.17) is 48.5 Å². The number of fused-ring (bicyclic) bond motifs is 4. The number of phosphoric ester groups is 2. The third-order valence-corrected chi connectivity index (χ3v) is 9.94. The highest BCUT2D eigenvalue weighted by atomic mass is 31.2. The third kappa shape index (κ3) is 6.19. The Morgan fingerprint density at radius 3 is 1.76 bits per heavy atom. The molecule has 0 spiro atoms. The van der Waals surface area contributed by atoms with Gasteiger partial charge >= 0.3 is 15.6 Å². The van der Waals surface area contributed by atoms with Crippen molar-refractivity contribution in [2.45, 2.75) is 56.0 Å². The molecule has 4 aromatic rings. The second-order valence-corrected chi connectivity index (χ2v) is 13.8. The zero-order valence-corrected chi connectivity index (χ0v) is 27.2. The predicted molar refractivity (Wildman–Crippen MR) is 160 cm³/mol. The normalized spacial score (nSPS) is 35.6. The van der Waals surface area contributed by atoms with E-state index in [0.29, 0.717) is 0 Å². The van der Waals surface area contributed by atoms with Crippen LogP contribution in [-0.2, 0) is 46.2 Å². The first kappa shape index (κ1) is 33.8. The van der Waals surface area contributed by atoms with Crippen molar-refractivity contribution in [3.63, 3.8) is 0 Å². The topological polar surface area (TPSA) is 328 Å². The number of nitrogens with two attached hydrogens (primary N) is 2. The molecule has 3 saturated heterocycles. The number of aromatic amines is 2. The Balaban J connectivity index is 1.21. The summed E-state index contributed by atoms with van der Waals surface area (Å²) in [6, 6.07) is 0. The van der Waals surface area contributed by atoms with Gasteiger partial charge in [-0.2, -0.15) is 9.97 Å². The number of anilines is 2. The van der Waals surface area contributed by atoms with Gasteiger partial charge in [0.05, 0.1) is 25.9 Å². The summed E-state index contributed by atoms with van der Waals surface area (Å²) in [5.74, 6) is -0.442. The fraction of sp³-hybridized carbons (Fsp3) is 0.565. The molecule has 8 N–H and O–H groups in total. The minimum atomic E-state index is -5.01. The van der Waals surface area contributed by atoms with Crippen LogP contribution in [0, 0.1) is 0 Å². The number of imidazole rings is 2. The molecule has 3 fully saturated rings. The summed E-state index contributed by atoms with van der Waals surface area (Å²) in [7, 11) is -8.77. The molecule has 4 aromatic heterocycles. The largest absolute Gasteiger partial charge is 0.472 e. The van der Waals surface area contributed by atoms with Gasteiger partial charge in [0, 0.05) is 13.7 Å². The molecule has 0 bridgehead atoms. The molecule has 7 heterocycles. The number of H-pyrrole nitrogens is 2. The molecule has 266 valence electrons. The molecular formula is C23H30N10O14P2. The van der Waals surface area contributed by atoms with Gasteiger partial charge in [-0.1, -0.05) is 0 Å². The maximum Gasteiger partial charge on any atom is 0.472 e. The van der Waals surface area contributed by atoms with Crippen LogP contribution in [0.25, 0.3) is 22.3 Å². The molecule has 3 aliphatic rings. The van der Waals surface area contributed by atoms with E-state index >= 15 is 0 Å². The lowest BCUT2D eigenvalue weighted by Crippen LogP contribution is -2.40. The smallest absolute Gasteiger partial charge is 0.374 e. The van der Waals surface area contributed by atoms with E-state index in [9.17, 15) is 28.5 Å². The summed E-state index contributed by atoms with van der Waals surface area (Å²) in [5.41, 5.74) is 9.98. The monoisotopic (exact) mass is 732 g/mol. The van der Waals surface area contributed by atoms with Crippen molar-refractivity contribution in [3.8, 4) is 0 Å². The SMILES string of the molecule is CCO[C@@H]1[C@@H]2OP(=O)(O)OC[C@H]3O[C@@H](n4cnc5c(=O)[nH]c(N)nc54)[C@H](OC)[C@@H]3OP(=O)(O)OC[C@H]2O[C@H]1n1cnc2c(=O)[nH]c(N)nc21. The Bertz CT molecular complexity index is 2100. The predicted octanol–water partition coefficient (Wildman–Crippen LogP) is -1.35. The van der Waals surface area contributed by atoms with Gasteiger partial charge in [-0.3, -0.25) is 46.8 Å². The molecule has 49 heavy (non-hydrogen) atoms. The van der Waals surface area contributed by atoms with Gasteiger partial charge in [-0.05, 0) is 6.92 Å². The molecule has 24 nitrogen and oxygen atoms in total. The minimum Gasteiger partial charge on any atom is -0.374 e. The number of hydrogen-bond donors (Lipinski definition) is 6. The Kier molecular flexibility index (Phi) is 8.70. The van der Waals surface area contributed by atoms with Crippen LogP contribution in [0.15, 0.2) is 22.2 Å². The third-order valence-electron chi connectivity index (χ3n) is 7.97. The van der Waals surface area contributed by atoms with Crippen molar-refractivity contribution in [1.29, 1.82) is 0 Å². The Labute approximate surface area is 272 Å². The minimum absolute atomic E-state index is 0.00733. The fourth-order valence-electron chi connectivity index (χ4n) is 5.97. The molecule has 0 saturated carbocycles. The van der Waals surface area contributed by atoms with E-state index in [2.05, 4.69) is 29.9 Å². The summed E-state index contributed by atoms with van der Waals surface area (Å²) in [5, 5.41) is 0. The standard InChI is InChI=1S/C23H30N10O14P2/c1-3-41-15-13-9(45-21(15)33-7-27-11-17(33)29-23(25)31-19(11)35)5-43-48(36,37)46-12-8(4-42-49(38,39)47-13)44-20(14(12)40-2)32-6-26-10-16(32)28-22(24)30-18(10)34/h6-9,12-15,20-21H,3-5H2,1-2H3,(H,36,37)(H,38,39)(H3,24,28,30,34)(H3,25,29,31,35)/t8-,9-,12-,13-,14-,15-,20-,21-/m1/s1. The van der Waals surface area contributed by atoms with Gasteiger partial charge in [0.15, 0.2) is 34.8 Å². The summed E-state index contributed by atoms with van der Waals surface area (Å²) in [4.78, 5) is 67.5. The van der Waals surface area contributed by atoms with Gasteiger partial charge in [-0.15, -0.1) is 0 Å². The van der Waals surface area contributed by atoms with Gasteiger partial charge in [0.25, 0.3) is 11.1 Å². The summed E-state index contributed by atoms with van der Waals surface area (Å²) in [6.07, 6.45) is -8.12. The number of nitrogens with zero attached hydrogens (tertiary/aromatic N) is 6. The first-order valence-electron chi connectivity index (χ1n) is 14.5. The fourth-order valence-corrected chi connectivity index (χ4v) is 7.89. The highest BCUT2D eigenvalue weighted by Crippen LogP contribution is 2.54. The molecule has 3 aliphatic heterocycles. The van der Waals surface area contributed by atoms with Crippen LogP contribution in [-0.4, -0.2) is 112 Å². The van der Waals surface area contributed by atoms with Gasteiger partial charge in [-0.25, -0.2) is 19.1 Å². The number of nitrogen functional groups attached to an aromatic ring is 2. The Morgan fingerprint density at radius 1 is 0.857 bits per heavy atom. The van der Waals surface area contributed by atoms with E-state index in [1.54, 1.807) is 6.92 Å². The number of ether oxygens (including phenoxy) is 4. The molecule has 0 aromatic carbocycles. The van der Waals surface area contributed by atoms with Crippen molar-refractivity contribution in [2.75, 3.05) is 38.4 Å². The van der Waals surface area contributed by atoms with E-state index in [-0.39, 0.29) is 40.8 Å². The summed E-state index contributed by atoms with van der Waals surface area (Å²) in [6.45, 7) is 0.207. The average Bonchev–Trinajstić information content (AvgIpc) is 3.79. The number of phosphoric acid groups is 2. The zero-order valence-electron chi connectivity index (χ0n) is 25.4. The number of rotatable bonds is 5. The van der Waals surface area contributed by atoms with Crippen LogP contribution in [0.3, 0.4) is 0 Å². The molecule has 0 amide bonds. The molecule has 7 rings (SSSR count). The van der Waals surface area contributed by atoms with Crippen LogP contribution in [0.4, 0.5) is 11.9 Å². The van der Waals surface area contributed by atoms with Crippen LogP contribution >= 0.6 is 15.6 Å². The van der Waals surface area contributed by atoms with Crippen LogP contribution in [0.5, 0.6) is 0 Å². The summed E-state index contributed by atoms with van der Waals surface area (Å²) < 4.78 is 74.7. The highest BCUT2D eigenvalue weighted by Gasteiger charge is 2.55. The highest BCUT2D eigenvalue weighted by molar-refractivity contribution is 7.47. The molecule has 2 unspecified atom stereocenters. The van der Waals surface area contributed by atoms with Crippen LogP contribution < -0.4 is 22.6 Å². The van der Waals surface area contributed by atoms with Crippen LogP contribution in [0.1, 0.15) is 19.4 Å².